The van der Waals surface area contributed by atoms with E-state index in [1.165, 1.54) is 106 Å². The minimum Gasteiger partial charge on any atom is -0.458 e. The van der Waals surface area contributed by atoms with Crippen LogP contribution in [0.3, 0.4) is 0 Å². The molecule has 8 aromatic rings. The number of ether oxygens (including phenoxy) is 1. The van der Waals surface area contributed by atoms with Crippen molar-refractivity contribution in [1.82, 2.24) is 0 Å². The van der Waals surface area contributed by atoms with Gasteiger partial charge in [0.2, 0.25) is 0 Å². The Hall–Kier alpha value is -6.00. The molecule has 0 bridgehead atoms. The molecule has 3 heterocycles. The van der Waals surface area contributed by atoms with Crippen LogP contribution in [0.25, 0.3) is 44.2 Å². The molecule has 0 fully saturated rings. The van der Waals surface area contributed by atoms with Gasteiger partial charge in [0.1, 0.15) is 22.7 Å². The van der Waals surface area contributed by atoms with E-state index in [1.807, 2.05) is 0 Å². The molecule has 0 saturated carbocycles. The van der Waals surface area contributed by atoms with E-state index in [9.17, 15) is 0 Å². The van der Waals surface area contributed by atoms with Crippen LogP contribution in [-0.2, 0) is 34.5 Å². The number of anilines is 3. The van der Waals surface area contributed by atoms with Crippen LogP contribution in [0.4, 0.5) is 17.1 Å². The third kappa shape index (κ3) is 5.60. The molecular weight excluding hydrogens is 777 g/mol. The van der Waals surface area contributed by atoms with E-state index in [1.54, 1.807) is 0 Å². The number of nitrogens with zero attached hydrogens (tertiary/aromatic N) is 1. The Morgan fingerprint density at radius 3 is 2.05 bits per heavy atom. The molecule has 0 amide bonds. The smallest absolute Gasteiger partial charge is 0.261 e. The van der Waals surface area contributed by atoms with Crippen molar-refractivity contribution in [2.24, 2.45) is 0 Å². The fourth-order valence-electron chi connectivity index (χ4n) is 11.7. The summed E-state index contributed by atoms with van der Waals surface area (Å²) >= 11 is 0. The fourth-order valence-corrected chi connectivity index (χ4v) is 11.7. The third-order valence-corrected chi connectivity index (χ3v) is 15.3. The van der Waals surface area contributed by atoms with Crippen LogP contribution in [0, 0.1) is 0 Å². The fraction of sp³-hybridized carbons (Fsp3) is 0.300. The van der Waals surface area contributed by atoms with Crippen molar-refractivity contribution in [3.8, 4) is 33.8 Å². The zero-order valence-electron chi connectivity index (χ0n) is 39.4. The largest absolute Gasteiger partial charge is 0.458 e. The molecule has 0 radical (unpaired) electrons. The molecular formula is C60H58BNO2. The molecule has 2 aliphatic carbocycles. The number of rotatable bonds is 2. The average molecular weight is 836 g/mol. The molecule has 4 heteroatoms. The molecule has 64 heavy (non-hydrogen) atoms. The summed E-state index contributed by atoms with van der Waals surface area (Å²) in [5, 5.41) is 2.48. The van der Waals surface area contributed by atoms with Gasteiger partial charge in [-0.2, -0.15) is 0 Å². The Kier molecular flexibility index (Phi) is 8.08. The topological polar surface area (TPSA) is 25.6 Å². The second-order valence-electron chi connectivity index (χ2n) is 22.9. The van der Waals surface area contributed by atoms with Gasteiger partial charge in [-0.25, -0.2) is 0 Å². The van der Waals surface area contributed by atoms with Crippen molar-refractivity contribution in [2.45, 2.75) is 117 Å². The summed E-state index contributed by atoms with van der Waals surface area (Å²) < 4.78 is 14.3. The monoisotopic (exact) mass is 835 g/mol. The van der Waals surface area contributed by atoms with E-state index in [0.29, 0.717) is 0 Å². The van der Waals surface area contributed by atoms with Crippen LogP contribution in [0.1, 0.15) is 122 Å². The highest BCUT2D eigenvalue weighted by Gasteiger charge is 2.46. The van der Waals surface area contributed by atoms with Crippen molar-refractivity contribution >= 4 is 62.1 Å². The molecule has 0 saturated heterocycles. The van der Waals surface area contributed by atoms with Crippen molar-refractivity contribution in [3.63, 3.8) is 0 Å². The van der Waals surface area contributed by atoms with Crippen LogP contribution in [0.15, 0.2) is 120 Å². The molecule has 0 spiro atoms. The first-order chi connectivity index (χ1) is 30.4. The minimum atomic E-state index is -0.130. The summed E-state index contributed by atoms with van der Waals surface area (Å²) in [6.07, 6.45) is 3.42. The molecule has 2 aliphatic heterocycles. The van der Waals surface area contributed by atoms with Crippen molar-refractivity contribution in [1.29, 1.82) is 0 Å². The SMILES string of the molecule is CC(C)(C)c1ccc2c(c1)B1c3c(cc(C(C)(C)C)cc3N2c2ccc(C(C)(C)C)cc2-c2ccc3c(c2)C(C)(C)c2ccccc2-3)Oc2ccc3c(oc4ccc5c(c43)CCC5)c21. The highest BCUT2D eigenvalue weighted by molar-refractivity contribution is 7.00. The molecule has 0 N–H and O–H groups in total. The normalized spacial score (nSPS) is 15.7. The van der Waals surface area contributed by atoms with Gasteiger partial charge in [-0.1, -0.05) is 137 Å². The molecule has 4 aliphatic rings. The summed E-state index contributed by atoms with van der Waals surface area (Å²) in [6, 6.07) is 44.5. The number of hydrogen-bond donors (Lipinski definition) is 0. The second-order valence-corrected chi connectivity index (χ2v) is 22.9. The van der Waals surface area contributed by atoms with Crippen LogP contribution < -0.4 is 26.0 Å². The summed E-state index contributed by atoms with van der Waals surface area (Å²) in [5.41, 5.74) is 23.4. The van der Waals surface area contributed by atoms with Crippen LogP contribution in [-0.4, -0.2) is 6.71 Å². The van der Waals surface area contributed by atoms with Gasteiger partial charge in [0.05, 0.1) is 5.69 Å². The number of hydrogen-bond acceptors (Lipinski definition) is 3. The summed E-state index contributed by atoms with van der Waals surface area (Å²) in [5.74, 6) is 1.81. The Balaban J connectivity index is 1.16. The Labute approximate surface area is 379 Å². The Morgan fingerprint density at radius 2 is 1.28 bits per heavy atom. The number of aryl methyl sites for hydroxylation is 2. The molecule has 3 nitrogen and oxygen atoms in total. The van der Waals surface area contributed by atoms with E-state index in [2.05, 4.69) is 196 Å². The first-order valence-electron chi connectivity index (χ1n) is 23.6. The lowest BCUT2D eigenvalue weighted by Crippen LogP contribution is -2.60. The van der Waals surface area contributed by atoms with Crippen molar-refractivity contribution in [2.75, 3.05) is 4.90 Å². The Bertz CT molecular complexity index is 3320. The zero-order chi connectivity index (χ0) is 44.4. The van der Waals surface area contributed by atoms with Gasteiger partial charge in [-0.15, -0.1) is 0 Å². The maximum Gasteiger partial charge on any atom is 0.261 e. The van der Waals surface area contributed by atoms with Gasteiger partial charge in [0, 0.05) is 38.6 Å². The zero-order valence-corrected chi connectivity index (χ0v) is 39.4. The summed E-state index contributed by atoms with van der Waals surface area (Å²) in [7, 11) is 0. The van der Waals surface area contributed by atoms with Gasteiger partial charge in [0.25, 0.3) is 6.71 Å². The van der Waals surface area contributed by atoms with Crippen molar-refractivity contribution < 1.29 is 9.15 Å². The number of fused-ring (bicyclic) bond motifs is 13. The lowest BCUT2D eigenvalue weighted by atomic mass is 9.33. The van der Waals surface area contributed by atoms with Gasteiger partial charge >= 0.3 is 0 Å². The van der Waals surface area contributed by atoms with Crippen molar-refractivity contribution in [3.05, 3.63) is 154 Å². The summed E-state index contributed by atoms with van der Waals surface area (Å²) in [4.78, 5) is 2.58. The first-order valence-corrected chi connectivity index (χ1v) is 23.6. The van der Waals surface area contributed by atoms with Gasteiger partial charge in [0.15, 0.2) is 0 Å². The van der Waals surface area contributed by atoms with Crippen LogP contribution >= 0.6 is 0 Å². The Morgan fingerprint density at radius 1 is 0.562 bits per heavy atom. The quantitative estimate of drug-likeness (QED) is 0.162. The number of furan rings is 1. The first kappa shape index (κ1) is 39.6. The molecule has 12 rings (SSSR count). The predicted molar refractivity (Wildman–Crippen MR) is 271 cm³/mol. The van der Waals surface area contributed by atoms with E-state index in [4.69, 9.17) is 9.15 Å². The predicted octanol–water partition coefficient (Wildman–Crippen LogP) is 14.3. The lowest BCUT2D eigenvalue weighted by Gasteiger charge is -2.42. The maximum absolute atomic E-state index is 7.25. The summed E-state index contributed by atoms with van der Waals surface area (Å²) in [6.45, 7) is 25.6. The van der Waals surface area contributed by atoms with E-state index in [-0.39, 0.29) is 28.4 Å². The lowest BCUT2D eigenvalue weighted by molar-refractivity contribution is 0.483. The minimum absolute atomic E-state index is 0.0486. The average Bonchev–Trinajstić information content (AvgIpc) is 3.95. The van der Waals surface area contributed by atoms with E-state index in [0.717, 1.165) is 41.0 Å². The second kappa shape index (κ2) is 13.1. The molecule has 0 unspecified atom stereocenters. The standard InChI is InChI=1S/C60H58BNO2/c1-57(2,3)36-21-25-47(43(30-36)35-19-23-41-40-16-12-13-18-44(40)60(10,11)45(41)29-35)62-48-26-22-37(58(4,5)6)31-46(48)61-54-49(62)32-38(59(7,8)9)33-52(54)63-51-28-24-42-53-39-17-14-15-34(39)20-27-50(53)64-56(42)55(51)61/h12-13,16,18-33H,14-15,17H2,1-11H3. The molecule has 0 atom stereocenters. The molecule has 1 aromatic heterocycles. The van der Waals surface area contributed by atoms with E-state index < -0.39 is 0 Å². The highest BCUT2D eigenvalue weighted by Crippen LogP contribution is 2.52. The highest BCUT2D eigenvalue weighted by atomic mass is 16.5. The maximum atomic E-state index is 7.25. The van der Waals surface area contributed by atoms with Gasteiger partial charge < -0.3 is 14.1 Å². The number of benzene rings is 7. The van der Waals surface area contributed by atoms with Gasteiger partial charge in [-0.3, -0.25) is 0 Å². The van der Waals surface area contributed by atoms with E-state index >= 15 is 0 Å². The van der Waals surface area contributed by atoms with Crippen LogP contribution in [0.2, 0.25) is 0 Å². The van der Waals surface area contributed by atoms with Crippen LogP contribution in [0.5, 0.6) is 11.5 Å². The van der Waals surface area contributed by atoms with Gasteiger partial charge in [-0.05, 0) is 157 Å². The molecule has 318 valence electrons. The third-order valence-electron chi connectivity index (χ3n) is 15.3. The molecule has 7 aromatic carbocycles.